The van der Waals surface area contributed by atoms with Gasteiger partial charge in [0, 0.05) is 26.6 Å². The fourth-order valence-electron chi connectivity index (χ4n) is 5.28. The van der Waals surface area contributed by atoms with Gasteiger partial charge in [0.15, 0.2) is 0 Å². The second kappa shape index (κ2) is 14.0. The quantitative estimate of drug-likeness (QED) is 0.243. The highest BCUT2D eigenvalue weighted by atomic mass is 31.2. The Morgan fingerprint density at radius 1 is 0.340 bits per heavy atom. The Kier molecular flexibility index (Phi) is 12.3. The fourth-order valence-corrected chi connectivity index (χ4v) is 6.35. The minimum absolute atomic E-state index is 0. The van der Waals surface area contributed by atoms with Crippen molar-refractivity contribution >= 4 is 18.5 Å². The van der Waals surface area contributed by atoms with Crippen molar-refractivity contribution in [3.05, 3.63) is 88.0 Å². The van der Waals surface area contributed by atoms with Crippen LogP contribution in [0.1, 0.15) is 158 Å². The predicted octanol–water partition coefficient (Wildman–Crippen LogP) is 14.1. The Hall–Kier alpha value is -2.08. The standard InChI is InChI=1S/C42H63O3P.P/c1-37(2,3)28-19-22-34(31(25-28)40(10,11)12)43-46(44-35-23-20-29(38(4,5)6)26-32(35)41(13,14)15)45-36-24-21-30(39(7,8)9)27-33(36)42(16,17)18;/h19-27H,1-18H3;. The lowest BCUT2D eigenvalue weighted by molar-refractivity contribution is 0.372. The van der Waals surface area contributed by atoms with E-state index in [1.807, 2.05) is 0 Å². The second-order valence-corrected chi connectivity index (χ2v) is 20.1. The van der Waals surface area contributed by atoms with Crippen LogP contribution < -0.4 is 13.6 Å². The molecule has 0 N–H and O–H groups in total. The molecule has 0 aliphatic heterocycles. The average Bonchev–Trinajstić information content (AvgIpc) is 2.85. The van der Waals surface area contributed by atoms with E-state index in [-0.39, 0.29) is 42.4 Å². The molecule has 0 spiro atoms. The maximum absolute atomic E-state index is 6.90. The molecule has 0 heterocycles. The molecule has 0 saturated carbocycles. The van der Waals surface area contributed by atoms with Crippen LogP contribution in [-0.4, -0.2) is 0 Å². The summed E-state index contributed by atoms with van der Waals surface area (Å²) in [5, 5.41) is 0. The van der Waals surface area contributed by atoms with Crippen molar-refractivity contribution in [1.29, 1.82) is 0 Å². The van der Waals surface area contributed by atoms with Crippen molar-refractivity contribution in [3.63, 3.8) is 0 Å². The van der Waals surface area contributed by atoms with E-state index in [9.17, 15) is 0 Å². The molecular formula is C42H63O3P2. The van der Waals surface area contributed by atoms with E-state index in [4.69, 9.17) is 13.6 Å². The summed E-state index contributed by atoms with van der Waals surface area (Å²) in [6.45, 7) is 40.3. The molecule has 0 aliphatic rings. The number of rotatable bonds is 6. The van der Waals surface area contributed by atoms with Gasteiger partial charge in [-0.15, -0.1) is 0 Å². The van der Waals surface area contributed by atoms with Crippen LogP contribution in [0.5, 0.6) is 17.2 Å². The SMILES string of the molecule is CC(C)(C)c1ccc(OP(Oc2ccc(C(C)(C)C)cc2C(C)(C)C)Oc2ccc(C(C)(C)C)cc2C(C)(C)C)c(C(C)(C)C)c1.[P]. The van der Waals surface area contributed by atoms with E-state index >= 15 is 0 Å². The Balaban J connectivity index is 0.00000768. The highest BCUT2D eigenvalue weighted by molar-refractivity contribution is 7.43. The van der Waals surface area contributed by atoms with Gasteiger partial charge >= 0.3 is 8.60 Å². The van der Waals surface area contributed by atoms with E-state index in [1.165, 1.54) is 16.7 Å². The first-order chi connectivity index (χ1) is 20.6. The largest absolute Gasteiger partial charge is 0.530 e. The van der Waals surface area contributed by atoms with Crippen LogP contribution in [-0.2, 0) is 32.5 Å². The van der Waals surface area contributed by atoms with Gasteiger partial charge in [-0.2, -0.15) is 0 Å². The van der Waals surface area contributed by atoms with Gasteiger partial charge in [-0.3, -0.25) is 0 Å². The van der Waals surface area contributed by atoms with Crippen molar-refractivity contribution in [3.8, 4) is 17.2 Å². The first-order valence-corrected chi connectivity index (χ1v) is 18.0. The maximum Gasteiger partial charge on any atom is 0.530 e. The summed E-state index contributed by atoms with van der Waals surface area (Å²) in [7, 11) is -1.89. The van der Waals surface area contributed by atoms with Crippen LogP contribution in [0, 0.1) is 0 Å². The molecule has 3 rings (SSSR count). The molecule has 0 bridgehead atoms. The summed E-state index contributed by atoms with van der Waals surface area (Å²) in [4.78, 5) is 0. The summed E-state index contributed by atoms with van der Waals surface area (Å²) in [5.74, 6) is 2.37. The fraction of sp³-hybridized carbons (Fsp3) is 0.571. The van der Waals surface area contributed by atoms with Gasteiger partial charge in [0.2, 0.25) is 0 Å². The van der Waals surface area contributed by atoms with Gasteiger partial charge in [-0.05, 0) is 67.4 Å². The third-order valence-electron chi connectivity index (χ3n) is 8.48. The molecule has 0 amide bonds. The molecule has 5 heteroatoms. The molecule has 0 aliphatic carbocycles. The number of hydrogen-bond acceptors (Lipinski definition) is 3. The zero-order valence-electron chi connectivity index (χ0n) is 32.8. The molecule has 0 saturated heterocycles. The number of hydrogen-bond donors (Lipinski definition) is 0. The molecule has 259 valence electrons. The Bertz CT molecular complexity index is 1330. The lowest BCUT2D eigenvalue weighted by Crippen LogP contribution is -2.20. The van der Waals surface area contributed by atoms with Gasteiger partial charge < -0.3 is 13.6 Å². The van der Waals surface area contributed by atoms with Crippen LogP contribution in [0.25, 0.3) is 0 Å². The van der Waals surface area contributed by atoms with Crippen LogP contribution in [0.3, 0.4) is 0 Å². The summed E-state index contributed by atoms with van der Waals surface area (Å²) < 4.78 is 20.7. The minimum atomic E-state index is -1.89. The van der Waals surface area contributed by atoms with Crippen molar-refractivity contribution in [2.45, 2.75) is 157 Å². The Morgan fingerprint density at radius 2 is 0.553 bits per heavy atom. The summed E-state index contributed by atoms with van der Waals surface area (Å²) in [5.41, 5.74) is 6.85. The van der Waals surface area contributed by atoms with Gasteiger partial charge in [0.1, 0.15) is 17.2 Å². The van der Waals surface area contributed by atoms with E-state index in [1.54, 1.807) is 0 Å². The van der Waals surface area contributed by atoms with E-state index in [0.29, 0.717) is 0 Å². The second-order valence-electron chi connectivity index (χ2n) is 19.1. The average molecular weight is 678 g/mol. The highest BCUT2D eigenvalue weighted by Crippen LogP contribution is 2.50. The summed E-state index contributed by atoms with van der Waals surface area (Å²) in [6, 6.07) is 19.7. The lowest BCUT2D eigenvalue weighted by Gasteiger charge is -2.31. The van der Waals surface area contributed by atoms with Crippen molar-refractivity contribution in [2.75, 3.05) is 0 Å². The monoisotopic (exact) mass is 677 g/mol. The zero-order chi connectivity index (χ0) is 35.3. The third kappa shape index (κ3) is 10.7. The van der Waals surface area contributed by atoms with Crippen molar-refractivity contribution in [1.82, 2.24) is 0 Å². The zero-order valence-corrected chi connectivity index (χ0v) is 34.6. The van der Waals surface area contributed by atoms with E-state index in [2.05, 4.69) is 179 Å². The van der Waals surface area contributed by atoms with Crippen molar-refractivity contribution in [2.24, 2.45) is 0 Å². The van der Waals surface area contributed by atoms with Gasteiger partial charge in [0.05, 0.1) is 0 Å². The number of benzene rings is 3. The minimum Gasteiger partial charge on any atom is -0.408 e. The van der Waals surface area contributed by atoms with E-state index in [0.717, 1.165) is 33.9 Å². The maximum atomic E-state index is 6.90. The first-order valence-electron chi connectivity index (χ1n) is 16.9. The summed E-state index contributed by atoms with van der Waals surface area (Å²) >= 11 is 0. The molecule has 47 heavy (non-hydrogen) atoms. The molecule has 0 aromatic heterocycles. The molecule has 3 radical (unpaired) electrons. The lowest BCUT2D eigenvalue weighted by atomic mass is 9.80. The molecule has 3 aromatic rings. The molecule has 0 atom stereocenters. The van der Waals surface area contributed by atoms with Crippen LogP contribution in [0.4, 0.5) is 0 Å². The Morgan fingerprint density at radius 3 is 0.723 bits per heavy atom. The van der Waals surface area contributed by atoms with Gasteiger partial charge in [0.25, 0.3) is 0 Å². The normalized spacial score (nSPS) is 13.3. The highest BCUT2D eigenvalue weighted by Gasteiger charge is 2.32. The van der Waals surface area contributed by atoms with Crippen molar-refractivity contribution < 1.29 is 13.6 Å². The molecule has 0 fully saturated rings. The predicted molar refractivity (Wildman–Crippen MR) is 207 cm³/mol. The van der Waals surface area contributed by atoms with Crippen LogP contribution in [0.15, 0.2) is 54.6 Å². The van der Waals surface area contributed by atoms with Gasteiger partial charge in [-0.1, -0.05) is 161 Å². The molecule has 3 aromatic carbocycles. The smallest absolute Gasteiger partial charge is 0.408 e. The van der Waals surface area contributed by atoms with Crippen LogP contribution in [0.2, 0.25) is 0 Å². The Labute approximate surface area is 293 Å². The summed E-state index contributed by atoms with van der Waals surface area (Å²) in [6.07, 6.45) is 0. The molecule has 0 unspecified atom stereocenters. The van der Waals surface area contributed by atoms with E-state index < -0.39 is 8.60 Å². The third-order valence-corrected chi connectivity index (χ3v) is 9.52. The first kappa shape index (κ1) is 41.1. The van der Waals surface area contributed by atoms with Gasteiger partial charge in [-0.25, -0.2) is 0 Å². The topological polar surface area (TPSA) is 27.7 Å². The van der Waals surface area contributed by atoms with Crippen LogP contribution >= 0.6 is 18.5 Å². The molecular weight excluding hydrogens is 614 g/mol. The molecule has 3 nitrogen and oxygen atoms in total.